The van der Waals surface area contributed by atoms with Crippen molar-refractivity contribution >= 4 is 29.3 Å². The van der Waals surface area contributed by atoms with E-state index in [4.69, 9.17) is 0 Å². The molecule has 0 aliphatic heterocycles. The molecule has 1 heterocycles. The SMILES string of the molecule is CCc1ccccc1NC(=O)CN(C)C(=O)C(C)Sc1nnnn1CC(C)C. The summed E-state index contributed by atoms with van der Waals surface area (Å²) in [6.07, 6.45) is 0.823. The smallest absolute Gasteiger partial charge is 0.243 e. The van der Waals surface area contributed by atoms with Crippen LogP contribution in [0.3, 0.4) is 0 Å². The van der Waals surface area contributed by atoms with Gasteiger partial charge in [-0.05, 0) is 41.3 Å². The molecule has 8 nitrogen and oxygen atoms in total. The van der Waals surface area contributed by atoms with Crippen LogP contribution in [0.25, 0.3) is 0 Å². The van der Waals surface area contributed by atoms with Crippen molar-refractivity contribution in [2.45, 2.75) is 51.1 Å². The first-order valence-electron chi connectivity index (χ1n) is 9.37. The lowest BCUT2D eigenvalue weighted by Crippen LogP contribution is -2.39. The van der Waals surface area contributed by atoms with E-state index in [9.17, 15) is 9.59 Å². The molecule has 0 saturated heterocycles. The van der Waals surface area contributed by atoms with Crippen LogP contribution in [0.2, 0.25) is 0 Å². The lowest BCUT2D eigenvalue weighted by atomic mass is 10.1. The first kappa shape index (κ1) is 21.9. The van der Waals surface area contributed by atoms with Gasteiger partial charge in [0.05, 0.1) is 11.8 Å². The van der Waals surface area contributed by atoms with Crippen molar-refractivity contribution in [2.75, 3.05) is 18.9 Å². The number of benzene rings is 1. The Labute approximate surface area is 170 Å². The van der Waals surface area contributed by atoms with Gasteiger partial charge in [-0.3, -0.25) is 9.59 Å². The summed E-state index contributed by atoms with van der Waals surface area (Å²) in [5.41, 5.74) is 1.84. The lowest BCUT2D eigenvalue weighted by molar-refractivity contribution is -0.132. The van der Waals surface area contributed by atoms with Crippen LogP contribution in [0.5, 0.6) is 0 Å². The maximum absolute atomic E-state index is 12.7. The second-order valence-electron chi connectivity index (χ2n) is 7.05. The summed E-state index contributed by atoms with van der Waals surface area (Å²) in [4.78, 5) is 26.5. The fourth-order valence-electron chi connectivity index (χ4n) is 2.69. The number of aryl methyl sites for hydroxylation is 1. The predicted molar refractivity (Wildman–Crippen MR) is 110 cm³/mol. The summed E-state index contributed by atoms with van der Waals surface area (Å²) >= 11 is 1.30. The first-order chi connectivity index (χ1) is 13.3. The molecule has 1 aromatic heterocycles. The molecule has 9 heteroatoms. The second kappa shape index (κ2) is 10.2. The van der Waals surface area contributed by atoms with Gasteiger partial charge in [-0.15, -0.1) is 5.10 Å². The van der Waals surface area contributed by atoms with E-state index in [1.54, 1.807) is 18.7 Å². The fraction of sp³-hybridized carbons (Fsp3) is 0.526. The molecular formula is C19H28N6O2S. The molecule has 1 unspecified atom stereocenters. The minimum Gasteiger partial charge on any atom is -0.335 e. The zero-order chi connectivity index (χ0) is 20.7. The summed E-state index contributed by atoms with van der Waals surface area (Å²) in [7, 11) is 1.63. The Balaban J connectivity index is 1.92. The third-order valence-corrected chi connectivity index (χ3v) is 5.15. The van der Waals surface area contributed by atoms with Crippen LogP contribution in [0, 0.1) is 5.92 Å². The maximum atomic E-state index is 12.7. The lowest BCUT2D eigenvalue weighted by Gasteiger charge is -2.21. The van der Waals surface area contributed by atoms with E-state index in [1.165, 1.54) is 16.7 Å². The van der Waals surface area contributed by atoms with Crippen molar-refractivity contribution in [2.24, 2.45) is 5.92 Å². The van der Waals surface area contributed by atoms with Crippen LogP contribution >= 0.6 is 11.8 Å². The molecule has 152 valence electrons. The summed E-state index contributed by atoms with van der Waals surface area (Å²) < 4.78 is 1.70. The van der Waals surface area contributed by atoms with Gasteiger partial charge in [-0.25, -0.2) is 4.68 Å². The van der Waals surface area contributed by atoms with Gasteiger partial charge in [-0.2, -0.15) is 0 Å². The number of anilines is 1. The molecule has 0 aliphatic carbocycles. The number of hydrogen-bond acceptors (Lipinski definition) is 6. The molecule has 0 saturated carbocycles. The van der Waals surface area contributed by atoms with Crippen molar-refractivity contribution in [1.29, 1.82) is 0 Å². The van der Waals surface area contributed by atoms with Crippen LogP contribution in [0.4, 0.5) is 5.69 Å². The molecule has 2 aromatic rings. The third kappa shape index (κ3) is 6.05. The highest BCUT2D eigenvalue weighted by Crippen LogP contribution is 2.22. The summed E-state index contributed by atoms with van der Waals surface area (Å²) in [6, 6.07) is 7.66. The Morgan fingerprint density at radius 3 is 2.64 bits per heavy atom. The number of carbonyl (C=O) groups is 2. The Hall–Kier alpha value is -2.42. The first-order valence-corrected chi connectivity index (χ1v) is 10.2. The zero-order valence-corrected chi connectivity index (χ0v) is 17.9. The van der Waals surface area contributed by atoms with Crippen molar-refractivity contribution in [3.05, 3.63) is 29.8 Å². The molecule has 0 spiro atoms. The number of nitrogens with one attached hydrogen (secondary N) is 1. The van der Waals surface area contributed by atoms with Gasteiger partial charge >= 0.3 is 0 Å². The highest BCUT2D eigenvalue weighted by molar-refractivity contribution is 8.00. The van der Waals surface area contributed by atoms with Gasteiger partial charge in [0, 0.05) is 19.3 Å². The largest absolute Gasteiger partial charge is 0.335 e. The third-order valence-electron chi connectivity index (χ3n) is 4.10. The highest BCUT2D eigenvalue weighted by atomic mass is 32.2. The van der Waals surface area contributed by atoms with Gasteiger partial charge in [0.1, 0.15) is 0 Å². The van der Waals surface area contributed by atoms with Gasteiger partial charge in [-0.1, -0.05) is 50.7 Å². The molecule has 0 radical (unpaired) electrons. The van der Waals surface area contributed by atoms with Gasteiger partial charge in [0.25, 0.3) is 0 Å². The van der Waals surface area contributed by atoms with E-state index in [0.29, 0.717) is 17.6 Å². The second-order valence-corrected chi connectivity index (χ2v) is 8.36. The van der Waals surface area contributed by atoms with Crippen LogP contribution in [-0.2, 0) is 22.6 Å². The minimum absolute atomic E-state index is 0.0152. The van der Waals surface area contributed by atoms with E-state index in [2.05, 4.69) is 34.7 Å². The quantitative estimate of drug-likeness (QED) is 0.646. The Kier molecular flexibility index (Phi) is 7.98. The van der Waals surface area contributed by atoms with E-state index < -0.39 is 5.25 Å². The summed E-state index contributed by atoms with van der Waals surface area (Å²) in [5, 5.41) is 14.8. The number of amides is 2. The number of carbonyl (C=O) groups excluding carboxylic acids is 2. The monoisotopic (exact) mass is 404 g/mol. The van der Waals surface area contributed by atoms with Crippen LogP contribution in [0.1, 0.15) is 33.3 Å². The van der Waals surface area contributed by atoms with Crippen LogP contribution in [-0.4, -0.2) is 55.8 Å². The molecule has 2 amide bonds. The normalized spacial score (nSPS) is 12.1. The molecule has 1 atom stereocenters. The van der Waals surface area contributed by atoms with Crippen LogP contribution < -0.4 is 5.32 Å². The Morgan fingerprint density at radius 2 is 1.96 bits per heavy atom. The van der Waals surface area contributed by atoms with E-state index in [1.807, 2.05) is 31.2 Å². The summed E-state index contributed by atoms with van der Waals surface area (Å²) in [5.74, 6) is 0.0211. The van der Waals surface area contributed by atoms with Crippen molar-refractivity contribution in [1.82, 2.24) is 25.1 Å². The average molecular weight is 405 g/mol. The molecule has 28 heavy (non-hydrogen) atoms. The number of rotatable bonds is 9. The number of hydrogen-bond donors (Lipinski definition) is 1. The van der Waals surface area contributed by atoms with Crippen molar-refractivity contribution in [3.63, 3.8) is 0 Å². The number of thioether (sulfide) groups is 1. The van der Waals surface area contributed by atoms with Crippen molar-refractivity contribution in [3.8, 4) is 0 Å². The zero-order valence-electron chi connectivity index (χ0n) is 17.0. The number of para-hydroxylation sites is 1. The Morgan fingerprint density at radius 1 is 1.25 bits per heavy atom. The maximum Gasteiger partial charge on any atom is 0.243 e. The van der Waals surface area contributed by atoms with Crippen LogP contribution in [0.15, 0.2) is 29.4 Å². The van der Waals surface area contributed by atoms with Gasteiger partial charge in [0.2, 0.25) is 17.0 Å². The highest BCUT2D eigenvalue weighted by Gasteiger charge is 2.23. The standard InChI is InChI=1S/C19H28N6O2S/c1-6-15-9-7-8-10-16(15)20-17(26)12-24(5)18(27)14(4)28-19-21-22-23-25(19)11-13(2)3/h7-10,13-14H,6,11-12H2,1-5H3,(H,20,26). The van der Waals surface area contributed by atoms with E-state index >= 15 is 0 Å². The molecule has 1 aromatic carbocycles. The molecule has 0 bridgehead atoms. The average Bonchev–Trinajstić information content (AvgIpc) is 3.07. The molecule has 1 N–H and O–H groups in total. The number of likely N-dealkylation sites (N-methyl/N-ethyl adjacent to an activating group) is 1. The van der Waals surface area contributed by atoms with Crippen molar-refractivity contribution < 1.29 is 9.59 Å². The predicted octanol–water partition coefficient (Wildman–Crippen LogP) is 2.47. The number of nitrogens with zero attached hydrogens (tertiary/aromatic N) is 5. The topological polar surface area (TPSA) is 93.0 Å². The molecular weight excluding hydrogens is 376 g/mol. The molecule has 0 aliphatic rings. The Bertz CT molecular complexity index is 807. The fourth-order valence-corrected chi connectivity index (χ4v) is 3.61. The molecule has 2 rings (SSSR count). The van der Waals surface area contributed by atoms with Gasteiger partial charge in [0.15, 0.2) is 0 Å². The van der Waals surface area contributed by atoms with E-state index in [-0.39, 0.29) is 18.4 Å². The minimum atomic E-state index is -0.405. The number of aromatic nitrogens is 4. The summed E-state index contributed by atoms with van der Waals surface area (Å²) in [6.45, 7) is 8.65. The number of tetrazole rings is 1. The van der Waals surface area contributed by atoms with E-state index in [0.717, 1.165) is 17.7 Å². The molecule has 0 fully saturated rings. The van der Waals surface area contributed by atoms with Gasteiger partial charge < -0.3 is 10.2 Å².